The number of aryl methyl sites for hydroxylation is 1. The first-order valence-electron chi connectivity index (χ1n) is 9.64. The Morgan fingerprint density at radius 3 is 2.81 bits per heavy atom. The van der Waals surface area contributed by atoms with E-state index in [9.17, 15) is 19.7 Å². The molecule has 2 aliphatic rings. The number of nitro groups is 1. The highest BCUT2D eigenvalue weighted by Crippen LogP contribution is 2.23. The minimum atomic E-state index is -0.626. The van der Waals surface area contributed by atoms with Crippen LogP contribution in [0, 0.1) is 23.0 Å². The lowest BCUT2D eigenvalue weighted by Crippen LogP contribution is -2.61. The second-order valence-corrected chi connectivity index (χ2v) is 7.39. The number of nitrogens with one attached hydrogen (secondary N) is 4. The SMILES string of the molecule is Cc1cc(NC(=O)/C=C\c2ccc([N+](=O)[O-])cc2)n(C2NC(=O)C3CNN(C)C3N2)n1. The van der Waals surface area contributed by atoms with Crippen molar-refractivity contribution >= 4 is 29.4 Å². The lowest BCUT2D eigenvalue weighted by Gasteiger charge is -2.35. The summed E-state index contributed by atoms with van der Waals surface area (Å²) < 4.78 is 1.52. The number of carbonyl (C=O) groups is 2. The van der Waals surface area contributed by atoms with Crippen LogP contribution in [0.1, 0.15) is 17.5 Å². The fraction of sp³-hybridized carbons (Fsp3) is 0.316. The number of hydrogen-bond donors (Lipinski definition) is 4. The molecular weight excluding hydrogens is 404 g/mol. The van der Waals surface area contributed by atoms with Gasteiger partial charge < -0.3 is 10.6 Å². The molecule has 31 heavy (non-hydrogen) atoms. The van der Waals surface area contributed by atoms with Crippen LogP contribution in [0.5, 0.6) is 0 Å². The quantitative estimate of drug-likeness (QED) is 0.304. The van der Waals surface area contributed by atoms with Crippen molar-refractivity contribution in [3.8, 4) is 0 Å². The van der Waals surface area contributed by atoms with E-state index in [-0.39, 0.29) is 23.7 Å². The van der Waals surface area contributed by atoms with Gasteiger partial charge in [-0.05, 0) is 30.7 Å². The van der Waals surface area contributed by atoms with E-state index < -0.39 is 17.1 Å². The standard InChI is InChI=1S/C19H22N8O4/c1-11-9-15(21-16(28)8-5-12-3-6-13(7-4-12)27(30)31)26(24-11)19-22-17-14(18(29)23-19)10-20-25(17)2/h3-9,14,17,19-20,22H,10H2,1-2H3,(H,21,28)(H,23,29)/b8-5-. The molecule has 2 saturated heterocycles. The Morgan fingerprint density at radius 1 is 1.35 bits per heavy atom. The van der Waals surface area contributed by atoms with Crippen LogP contribution in [0.15, 0.2) is 36.4 Å². The van der Waals surface area contributed by atoms with Gasteiger partial charge >= 0.3 is 0 Å². The van der Waals surface area contributed by atoms with Crippen LogP contribution in [-0.2, 0) is 9.59 Å². The van der Waals surface area contributed by atoms with Gasteiger partial charge in [0.1, 0.15) is 5.82 Å². The topological polar surface area (TPSA) is 146 Å². The highest BCUT2D eigenvalue weighted by atomic mass is 16.6. The summed E-state index contributed by atoms with van der Waals surface area (Å²) in [6.45, 7) is 2.33. The number of nitro benzene ring substituents is 1. The number of hydrazine groups is 1. The number of fused-ring (bicyclic) bond motifs is 1. The van der Waals surface area contributed by atoms with Gasteiger partial charge in [-0.3, -0.25) is 30.4 Å². The van der Waals surface area contributed by atoms with E-state index in [1.54, 1.807) is 31.2 Å². The van der Waals surface area contributed by atoms with E-state index in [1.165, 1.54) is 22.9 Å². The van der Waals surface area contributed by atoms with Crippen molar-refractivity contribution in [2.75, 3.05) is 18.9 Å². The van der Waals surface area contributed by atoms with Crippen LogP contribution in [-0.4, -0.2) is 51.3 Å². The molecule has 2 aromatic rings. The van der Waals surface area contributed by atoms with Crippen molar-refractivity contribution in [2.24, 2.45) is 5.92 Å². The zero-order chi connectivity index (χ0) is 22.1. The molecule has 2 aliphatic heterocycles. The number of aromatic nitrogens is 2. The Morgan fingerprint density at radius 2 is 2.10 bits per heavy atom. The monoisotopic (exact) mass is 426 g/mol. The summed E-state index contributed by atoms with van der Waals surface area (Å²) in [6, 6.07) is 7.56. The van der Waals surface area contributed by atoms with Gasteiger partial charge in [-0.1, -0.05) is 0 Å². The Kier molecular flexibility index (Phi) is 5.50. The van der Waals surface area contributed by atoms with Gasteiger partial charge in [0.25, 0.3) is 5.69 Å². The number of rotatable bonds is 5. The van der Waals surface area contributed by atoms with Crippen molar-refractivity contribution in [2.45, 2.75) is 19.4 Å². The van der Waals surface area contributed by atoms with Gasteiger partial charge in [-0.2, -0.15) is 5.10 Å². The van der Waals surface area contributed by atoms with Crippen LogP contribution < -0.4 is 21.4 Å². The van der Waals surface area contributed by atoms with Crippen LogP contribution in [0.2, 0.25) is 0 Å². The molecule has 3 heterocycles. The molecule has 0 radical (unpaired) electrons. The minimum absolute atomic E-state index is 0.0200. The summed E-state index contributed by atoms with van der Waals surface area (Å²) in [4.78, 5) is 35.1. The molecule has 2 fully saturated rings. The van der Waals surface area contributed by atoms with Crippen molar-refractivity contribution < 1.29 is 14.5 Å². The maximum Gasteiger partial charge on any atom is 0.269 e. The fourth-order valence-corrected chi connectivity index (χ4v) is 3.62. The van der Waals surface area contributed by atoms with Crippen molar-refractivity contribution in [1.29, 1.82) is 0 Å². The van der Waals surface area contributed by atoms with Crippen LogP contribution in [0.4, 0.5) is 11.5 Å². The molecule has 3 unspecified atom stereocenters. The van der Waals surface area contributed by atoms with Gasteiger partial charge in [-0.15, -0.1) is 0 Å². The van der Waals surface area contributed by atoms with Crippen molar-refractivity contribution in [3.63, 3.8) is 0 Å². The Hall–Kier alpha value is -3.61. The van der Waals surface area contributed by atoms with E-state index in [4.69, 9.17) is 0 Å². The smallest absolute Gasteiger partial charge is 0.269 e. The predicted octanol–water partition coefficient (Wildman–Crippen LogP) is 0.319. The van der Waals surface area contributed by atoms with Gasteiger partial charge in [-0.25, -0.2) is 9.69 Å². The molecule has 0 spiro atoms. The third-order valence-corrected chi connectivity index (χ3v) is 5.19. The second-order valence-electron chi connectivity index (χ2n) is 7.39. The zero-order valence-corrected chi connectivity index (χ0v) is 16.9. The van der Waals surface area contributed by atoms with E-state index >= 15 is 0 Å². The molecule has 0 bridgehead atoms. The highest BCUT2D eigenvalue weighted by Gasteiger charge is 2.43. The first-order chi connectivity index (χ1) is 14.8. The normalized spacial score (nSPS) is 23.5. The molecule has 162 valence electrons. The molecule has 3 atom stereocenters. The van der Waals surface area contributed by atoms with Crippen LogP contribution in [0.3, 0.4) is 0 Å². The number of non-ortho nitro benzene ring substituents is 1. The number of nitrogens with zero attached hydrogens (tertiary/aromatic N) is 4. The maximum atomic E-state index is 12.5. The molecule has 0 saturated carbocycles. The number of hydrogen-bond acceptors (Lipinski definition) is 8. The van der Waals surface area contributed by atoms with E-state index in [0.717, 1.165) is 0 Å². The molecule has 1 aromatic heterocycles. The summed E-state index contributed by atoms with van der Waals surface area (Å²) in [6.07, 6.45) is 2.05. The Labute approximate surface area is 177 Å². The van der Waals surface area contributed by atoms with E-state index in [2.05, 4.69) is 26.5 Å². The molecule has 4 N–H and O–H groups in total. The molecule has 12 nitrogen and oxygen atoms in total. The maximum absolute atomic E-state index is 12.5. The average molecular weight is 426 g/mol. The molecule has 12 heteroatoms. The second kappa shape index (κ2) is 8.26. The highest BCUT2D eigenvalue weighted by molar-refractivity contribution is 6.01. The fourth-order valence-electron chi connectivity index (χ4n) is 3.62. The Balaban J connectivity index is 1.46. The van der Waals surface area contributed by atoms with Gasteiger partial charge in [0.05, 0.1) is 22.7 Å². The Bertz CT molecular complexity index is 1050. The number of anilines is 1. The minimum Gasteiger partial charge on any atom is -0.321 e. The number of carbonyl (C=O) groups excluding carboxylic acids is 2. The summed E-state index contributed by atoms with van der Waals surface area (Å²) in [5, 5.41) is 25.9. The molecular formula is C19H22N8O4. The lowest BCUT2D eigenvalue weighted by atomic mass is 10.1. The van der Waals surface area contributed by atoms with Gasteiger partial charge in [0.15, 0.2) is 6.29 Å². The molecule has 4 rings (SSSR count). The van der Waals surface area contributed by atoms with E-state index in [0.29, 0.717) is 23.6 Å². The molecule has 0 aliphatic carbocycles. The first-order valence-corrected chi connectivity index (χ1v) is 9.64. The summed E-state index contributed by atoms with van der Waals surface area (Å²) >= 11 is 0. The predicted molar refractivity (Wildman–Crippen MR) is 111 cm³/mol. The zero-order valence-electron chi connectivity index (χ0n) is 16.9. The summed E-state index contributed by atoms with van der Waals surface area (Å²) in [5.41, 5.74) is 4.42. The lowest BCUT2D eigenvalue weighted by molar-refractivity contribution is -0.384. The molecule has 2 amide bonds. The largest absolute Gasteiger partial charge is 0.321 e. The van der Waals surface area contributed by atoms with E-state index in [1.807, 2.05) is 12.1 Å². The number of benzene rings is 1. The van der Waals surface area contributed by atoms with Crippen molar-refractivity contribution in [1.82, 2.24) is 30.8 Å². The van der Waals surface area contributed by atoms with Crippen molar-refractivity contribution in [3.05, 3.63) is 57.8 Å². The first kappa shape index (κ1) is 20.7. The van der Waals surface area contributed by atoms with Crippen LogP contribution >= 0.6 is 0 Å². The van der Waals surface area contributed by atoms with Gasteiger partial charge in [0.2, 0.25) is 11.8 Å². The third kappa shape index (κ3) is 4.30. The summed E-state index contributed by atoms with van der Waals surface area (Å²) in [5.74, 6) is -0.311. The van der Waals surface area contributed by atoms with Crippen LogP contribution in [0.25, 0.3) is 6.08 Å². The molecule has 1 aromatic carbocycles. The average Bonchev–Trinajstić information content (AvgIpc) is 3.29. The third-order valence-electron chi connectivity index (χ3n) is 5.19. The number of amides is 2. The summed E-state index contributed by atoms with van der Waals surface area (Å²) in [7, 11) is 1.85. The van der Waals surface area contributed by atoms with Gasteiger partial charge in [0, 0.05) is 37.9 Å².